The van der Waals surface area contributed by atoms with Gasteiger partial charge in [0.25, 0.3) is 0 Å². The van der Waals surface area contributed by atoms with Crippen LogP contribution in [0.5, 0.6) is 0 Å². The molecule has 0 aromatic rings. The van der Waals surface area contributed by atoms with Crippen LogP contribution in [0, 0.1) is 0 Å². The van der Waals surface area contributed by atoms with Crippen molar-refractivity contribution in [3.05, 3.63) is 23.5 Å². The van der Waals surface area contributed by atoms with Crippen molar-refractivity contribution in [2.75, 3.05) is 0 Å². The van der Waals surface area contributed by atoms with Gasteiger partial charge >= 0.3 is 11.9 Å². The highest BCUT2D eigenvalue weighted by molar-refractivity contribution is 5.85. The first kappa shape index (κ1) is 18.4. The third-order valence-electron chi connectivity index (χ3n) is 1.80. The fourth-order valence-electron chi connectivity index (χ4n) is 0.774. The quantitative estimate of drug-likeness (QED) is 0.534. The molecule has 0 rings (SSSR count). The number of allylic oxidation sites excluding steroid dienone is 2. The minimum Gasteiger partial charge on any atom is -0.477 e. The van der Waals surface area contributed by atoms with Crippen LogP contribution in [0.15, 0.2) is 23.5 Å². The van der Waals surface area contributed by atoms with Crippen molar-refractivity contribution >= 4 is 11.9 Å². The molecule has 0 saturated heterocycles. The van der Waals surface area contributed by atoms with Gasteiger partial charge in [-0.2, -0.15) is 0 Å². The number of rotatable bonds is 6. The van der Waals surface area contributed by atoms with Gasteiger partial charge in [-0.25, -0.2) is 9.59 Å². The second kappa shape index (κ2) is 11.5. The molecule has 6 heteroatoms. The topological polar surface area (TPSA) is 127 Å². The normalized spacial score (nSPS) is 11.4. The molecule has 6 N–H and O–H groups in total. The summed E-state index contributed by atoms with van der Waals surface area (Å²) >= 11 is 0. The Bertz CT molecular complexity index is 290. The summed E-state index contributed by atoms with van der Waals surface area (Å²) in [6.07, 6.45) is 6.35. The van der Waals surface area contributed by atoms with E-state index >= 15 is 0 Å². The van der Waals surface area contributed by atoms with Gasteiger partial charge in [0, 0.05) is 0 Å². The van der Waals surface area contributed by atoms with Crippen molar-refractivity contribution in [2.24, 2.45) is 11.5 Å². The zero-order valence-corrected chi connectivity index (χ0v) is 10.8. The minimum atomic E-state index is -1.04. The maximum Gasteiger partial charge on any atom is 0.351 e. The summed E-state index contributed by atoms with van der Waals surface area (Å²) < 4.78 is 0. The summed E-state index contributed by atoms with van der Waals surface area (Å²) in [7, 11) is 0. The molecule has 0 aromatic carbocycles. The van der Waals surface area contributed by atoms with Gasteiger partial charge in [-0.05, 0) is 12.8 Å². The first-order valence-corrected chi connectivity index (χ1v) is 5.74. The number of hydrogen-bond acceptors (Lipinski definition) is 4. The Hall–Kier alpha value is -1.98. The van der Waals surface area contributed by atoms with Gasteiger partial charge in [-0.15, -0.1) is 0 Å². The van der Waals surface area contributed by atoms with E-state index in [2.05, 4.69) is 0 Å². The molecule has 18 heavy (non-hydrogen) atoms. The molecular formula is C12H22N2O4. The lowest BCUT2D eigenvalue weighted by atomic mass is 10.3. The summed E-state index contributed by atoms with van der Waals surface area (Å²) in [5.74, 6) is -2.08. The van der Waals surface area contributed by atoms with Crippen molar-refractivity contribution in [2.45, 2.75) is 39.5 Å². The third kappa shape index (κ3) is 12.1. The van der Waals surface area contributed by atoms with Crippen LogP contribution >= 0.6 is 0 Å². The van der Waals surface area contributed by atoms with Crippen LogP contribution in [0.2, 0.25) is 0 Å². The lowest BCUT2D eigenvalue weighted by molar-refractivity contribution is -0.133. The van der Waals surface area contributed by atoms with Gasteiger partial charge < -0.3 is 21.7 Å². The Morgan fingerprint density at radius 1 is 0.889 bits per heavy atom. The Morgan fingerprint density at radius 3 is 1.33 bits per heavy atom. The molecule has 0 aliphatic heterocycles. The van der Waals surface area contributed by atoms with Gasteiger partial charge in [0.2, 0.25) is 0 Å². The van der Waals surface area contributed by atoms with Crippen molar-refractivity contribution in [1.29, 1.82) is 0 Å². The second-order valence-electron chi connectivity index (χ2n) is 3.51. The number of carbonyl (C=O) groups is 2. The third-order valence-corrected chi connectivity index (χ3v) is 1.80. The van der Waals surface area contributed by atoms with E-state index in [-0.39, 0.29) is 11.4 Å². The van der Waals surface area contributed by atoms with E-state index in [0.717, 1.165) is 25.7 Å². The van der Waals surface area contributed by atoms with Crippen molar-refractivity contribution in [1.82, 2.24) is 0 Å². The van der Waals surface area contributed by atoms with Gasteiger partial charge in [0.05, 0.1) is 0 Å². The highest BCUT2D eigenvalue weighted by Crippen LogP contribution is 1.92. The molecule has 0 bridgehead atoms. The zero-order chi connectivity index (χ0) is 14.6. The number of carboxylic acid groups (broad SMARTS) is 2. The van der Waals surface area contributed by atoms with Crippen LogP contribution < -0.4 is 11.5 Å². The summed E-state index contributed by atoms with van der Waals surface area (Å²) in [6, 6.07) is 0. The monoisotopic (exact) mass is 258 g/mol. The molecule has 0 spiro atoms. The predicted octanol–water partition coefficient (Wildman–Crippen LogP) is 1.43. The lowest BCUT2D eigenvalue weighted by Crippen LogP contribution is -2.09. The van der Waals surface area contributed by atoms with Crippen LogP contribution in [-0.2, 0) is 9.59 Å². The van der Waals surface area contributed by atoms with Gasteiger partial charge in [0.1, 0.15) is 11.4 Å². The van der Waals surface area contributed by atoms with Crippen LogP contribution in [0.1, 0.15) is 39.5 Å². The van der Waals surface area contributed by atoms with E-state index < -0.39 is 11.9 Å². The van der Waals surface area contributed by atoms with E-state index in [1.165, 1.54) is 12.2 Å². The summed E-state index contributed by atoms with van der Waals surface area (Å²) in [6.45, 7) is 3.93. The zero-order valence-electron chi connectivity index (χ0n) is 10.8. The summed E-state index contributed by atoms with van der Waals surface area (Å²) in [5, 5.41) is 16.4. The van der Waals surface area contributed by atoms with Gasteiger partial charge in [0.15, 0.2) is 0 Å². The molecular weight excluding hydrogens is 236 g/mol. The molecule has 0 fully saturated rings. The minimum absolute atomic E-state index is 0.0585. The molecule has 104 valence electrons. The SMILES string of the molecule is CCC/C=C(\N)C(=O)O.CCC/C=C(\N)C(=O)O. The molecule has 0 saturated carbocycles. The summed E-state index contributed by atoms with van der Waals surface area (Å²) in [4.78, 5) is 20.0. The lowest BCUT2D eigenvalue weighted by Gasteiger charge is -1.90. The second-order valence-corrected chi connectivity index (χ2v) is 3.51. The van der Waals surface area contributed by atoms with E-state index in [4.69, 9.17) is 21.7 Å². The van der Waals surface area contributed by atoms with Crippen molar-refractivity contribution < 1.29 is 19.8 Å². The molecule has 0 radical (unpaired) electrons. The fourth-order valence-corrected chi connectivity index (χ4v) is 0.774. The Balaban J connectivity index is 0. The van der Waals surface area contributed by atoms with Gasteiger partial charge in [-0.3, -0.25) is 0 Å². The highest BCUT2D eigenvalue weighted by atomic mass is 16.4. The van der Waals surface area contributed by atoms with Crippen LogP contribution in [-0.4, -0.2) is 22.2 Å². The standard InChI is InChI=1S/2C6H11NO2/c2*1-2-3-4-5(7)6(8)9/h2*4H,2-3,7H2,1H3,(H,8,9)/b2*5-4-. The Morgan fingerprint density at radius 2 is 1.17 bits per heavy atom. The average molecular weight is 258 g/mol. The summed E-state index contributed by atoms with van der Waals surface area (Å²) in [5.41, 5.74) is 10.0. The maximum atomic E-state index is 10.0. The molecule has 0 aliphatic carbocycles. The molecule has 6 nitrogen and oxygen atoms in total. The van der Waals surface area contributed by atoms with Crippen LogP contribution in [0.3, 0.4) is 0 Å². The van der Waals surface area contributed by atoms with E-state index in [0.29, 0.717) is 0 Å². The van der Waals surface area contributed by atoms with E-state index in [1.807, 2.05) is 13.8 Å². The predicted molar refractivity (Wildman–Crippen MR) is 69.6 cm³/mol. The average Bonchev–Trinajstić information content (AvgIpc) is 2.33. The number of carboxylic acids is 2. The largest absolute Gasteiger partial charge is 0.477 e. The first-order valence-electron chi connectivity index (χ1n) is 5.74. The molecule has 0 unspecified atom stereocenters. The van der Waals surface area contributed by atoms with Crippen LogP contribution in [0.25, 0.3) is 0 Å². The van der Waals surface area contributed by atoms with E-state index in [1.54, 1.807) is 0 Å². The smallest absolute Gasteiger partial charge is 0.351 e. The number of aliphatic carboxylic acids is 2. The molecule has 0 atom stereocenters. The molecule has 0 aliphatic rings. The van der Waals surface area contributed by atoms with Crippen molar-refractivity contribution in [3.63, 3.8) is 0 Å². The van der Waals surface area contributed by atoms with Crippen LogP contribution in [0.4, 0.5) is 0 Å². The van der Waals surface area contributed by atoms with Gasteiger partial charge in [-0.1, -0.05) is 38.8 Å². The Kier molecular flexibility index (Phi) is 11.8. The number of unbranched alkanes of at least 4 members (excludes halogenated alkanes) is 2. The highest BCUT2D eigenvalue weighted by Gasteiger charge is 1.97. The molecule has 0 heterocycles. The molecule has 0 aromatic heterocycles. The Labute approximate surface area is 107 Å². The number of hydrogen-bond donors (Lipinski definition) is 4. The number of nitrogens with two attached hydrogens (primary N) is 2. The first-order chi connectivity index (χ1) is 8.36. The maximum absolute atomic E-state index is 10.0. The van der Waals surface area contributed by atoms with Crippen molar-refractivity contribution in [3.8, 4) is 0 Å². The fraction of sp³-hybridized carbons (Fsp3) is 0.500. The molecule has 0 amide bonds. The van der Waals surface area contributed by atoms with E-state index in [9.17, 15) is 9.59 Å².